The number of carboxylic acid groups (broad SMARTS) is 1. The maximum Gasteiger partial charge on any atom is 0.411 e. The number of aromatic nitrogens is 5. The van der Waals surface area contributed by atoms with Crippen molar-refractivity contribution in [3.05, 3.63) is 60.6 Å². The molecule has 5 rings (SSSR count). The summed E-state index contributed by atoms with van der Waals surface area (Å²) in [4.78, 5) is 25.2. The predicted octanol–water partition coefficient (Wildman–Crippen LogP) is 4.30. The number of halogens is 4. The summed E-state index contributed by atoms with van der Waals surface area (Å²) in [5.74, 6) is -0.814. The van der Waals surface area contributed by atoms with E-state index in [1.807, 2.05) is 0 Å². The van der Waals surface area contributed by atoms with Gasteiger partial charge in [0.05, 0.1) is 29.6 Å². The molecule has 3 N–H and O–H groups in total. The van der Waals surface area contributed by atoms with Crippen LogP contribution in [0.2, 0.25) is 0 Å². The molecule has 15 heteroatoms. The summed E-state index contributed by atoms with van der Waals surface area (Å²) in [6.45, 7) is -1.57. The van der Waals surface area contributed by atoms with Crippen LogP contribution in [0.1, 0.15) is 29.4 Å². The number of hydrogen-bond donors (Lipinski definition) is 3. The number of nitrogens with one attached hydrogen (secondary N) is 2. The number of alkyl halides is 3. The largest absolute Gasteiger partial charge is 0.483 e. The molecule has 0 aromatic carbocycles. The standard InChI is InChI=1S/C22H18F4N6O3.CH2O2/c23-15-2-1-5-27-19(15)20-16(10-32(31-20)13-6-14(7-13)34-11-22(24,25)26)30-21(33)18-4-3-17(35-18)12-8-28-29-9-12;2-1-3/h1-5,8-10,13-14H,6-7,11H2,(H,28,29)(H,30,33);1H,(H,2,3)/t13-,14-;. The summed E-state index contributed by atoms with van der Waals surface area (Å²) in [6.07, 6.45) is 1.64. The van der Waals surface area contributed by atoms with Gasteiger partial charge in [-0.2, -0.15) is 23.4 Å². The van der Waals surface area contributed by atoms with Crippen LogP contribution in [-0.2, 0) is 9.53 Å². The third-order valence-electron chi connectivity index (χ3n) is 5.50. The molecular weight excluding hydrogens is 516 g/mol. The zero-order valence-corrected chi connectivity index (χ0v) is 19.4. The number of amides is 1. The van der Waals surface area contributed by atoms with E-state index in [1.165, 1.54) is 41.5 Å². The Morgan fingerprint density at radius 1 is 1.29 bits per heavy atom. The highest BCUT2D eigenvalue weighted by atomic mass is 19.4. The molecule has 4 aromatic rings. The molecule has 0 spiro atoms. The van der Waals surface area contributed by atoms with Gasteiger partial charge >= 0.3 is 6.18 Å². The molecule has 38 heavy (non-hydrogen) atoms. The minimum Gasteiger partial charge on any atom is -0.483 e. The Morgan fingerprint density at radius 2 is 2.05 bits per heavy atom. The first-order chi connectivity index (χ1) is 18.2. The average Bonchev–Trinajstić information content (AvgIpc) is 3.59. The number of rotatable bonds is 7. The zero-order valence-electron chi connectivity index (χ0n) is 19.4. The Balaban J connectivity index is 0.00000107. The van der Waals surface area contributed by atoms with Crippen LogP contribution in [0.5, 0.6) is 0 Å². The van der Waals surface area contributed by atoms with Crippen molar-refractivity contribution < 1.29 is 41.4 Å². The summed E-state index contributed by atoms with van der Waals surface area (Å²) in [5.41, 5.74) is 0.830. The molecule has 0 saturated heterocycles. The second-order valence-electron chi connectivity index (χ2n) is 8.09. The fourth-order valence-corrected chi connectivity index (χ4v) is 3.69. The highest BCUT2D eigenvalue weighted by Crippen LogP contribution is 2.38. The van der Waals surface area contributed by atoms with Crippen molar-refractivity contribution in [3.8, 4) is 22.7 Å². The van der Waals surface area contributed by atoms with Gasteiger partial charge in [0.1, 0.15) is 23.8 Å². The summed E-state index contributed by atoms with van der Waals surface area (Å²) in [5, 5.41) is 20.4. The number of pyridine rings is 1. The van der Waals surface area contributed by atoms with Crippen LogP contribution in [0.25, 0.3) is 22.7 Å². The Morgan fingerprint density at radius 3 is 2.71 bits per heavy atom. The monoisotopic (exact) mass is 536 g/mol. The van der Waals surface area contributed by atoms with Crippen molar-refractivity contribution in [2.75, 3.05) is 11.9 Å². The Kier molecular flexibility index (Phi) is 7.85. The van der Waals surface area contributed by atoms with Crippen molar-refractivity contribution >= 4 is 18.1 Å². The quantitative estimate of drug-likeness (QED) is 0.234. The van der Waals surface area contributed by atoms with Crippen LogP contribution >= 0.6 is 0 Å². The molecule has 4 heterocycles. The van der Waals surface area contributed by atoms with E-state index in [0.717, 1.165) is 0 Å². The average molecular weight is 536 g/mol. The second kappa shape index (κ2) is 11.2. The normalized spacial score (nSPS) is 16.7. The lowest BCUT2D eigenvalue weighted by molar-refractivity contribution is -0.196. The predicted molar refractivity (Wildman–Crippen MR) is 122 cm³/mol. The van der Waals surface area contributed by atoms with E-state index in [0.29, 0.717) is 24.2 Å². The third kappa shape index (κ3) is 6.23. The first-order valence-corrected chi connectivity index (χ1v) is 11.0. The van der Waals surface area contributed by atoms with Gasteiger partial charge in [-0.3, -0.25) is 24.4 Å². The van der Waals surface area contributed by atoms with Crippen molar-refractivity contribution in [2.45, 2.75) is 31.2 Å². The highest BCUT2D eigenvalue weighted by Gasteiger charge is 2.37. The van der Waals surface area contributed by atoms with E-state index < -0.39 is 30.6 Å². The summed E-state index contributed by atoms with van der Waals surface area (Å²) in [6, 6.07) is 5.44. The number of H-pyrrole nitrogens is 1. The first kappa shape index (κ1) is 26.5. The van der Waals surface area contributed by atoms with Gasteiger partial charge in [-0.05, 0) is 37.1 Å². The first-order valence-electron chi connectivity index (χ1n) is 11.0. The summed E-state index contributed by atoms with van der Waals surface area (Å²) >= 11 is 0. The molecule has 0 unspecified atom stereocenters. The van der Waals surface area contributed by atoms with Crippen molar-refractivity contribution in [1.29, 1.82) is 0 Å². The van der Waals surface area contributed by atoms with Crippen LogP contribution in [0, 0.1) is 5.82 Å². The topological polar surface area (TPSA) is 148 Å². The van der Waals surface area contributed by atoms with Gasteiger partial charge in [0.15, 0.2) is 11.6 Å². The van der Waals surface area contributed by atoms with Gasteiger partial charge in [-0.15, -0.1) is 0 Å². The minimum absolute atomic E-state index is 0.00523. The molecule has 0 atom stereocenters. The van der Waals surface area contributed by atoms with Crippen molar-refractivity contribution in [2.24, 2.45) is 0 Å². The van der Waals surface area contributed by atoms with Crippen LogP contribution in [0.15, 0.2) is 53.5 Å². The number of furan rings is 1. The van der Waals surface area contributed by atoms with Crippen LogP contribution in [0.3, 0.4) is 0 Å². The number of carbonyl (C=O) groups excluding carboxylic acids is 1. The fraction of sp³-hybridized carbons (Fsp3) is 0.261. The lowest BCUT2D eigenvalue weighted by Gasteiger charge is -2.35. The van der Waals surface area contributed by atoms with Crippen molar-refractivity contribution in [1.82, 2.24) is 25.0 Å². The van der Waals surface area contributed by atoms with Crippen LogP contribution < -0.4 is 5.32 Å². The molecule has 1 aliphatic rings. The lowest BCUT2D eigenvalue weighted by atomic mass is 9.89. The Bertz CT molecular complexity index is 1380. The van der Waals surface area contributed by atoms with Crippen LogP contribution in [0.4, 0.5) is 23.2 Å². The van der Waals surface area contributed by atoms with Gasteiger partial charge in [-0.1, -0.05) is 0 Å². The number of nitrogens with zero attached hydrogens (tertiary/aromatic N) is 4. The van der Waals surface area contributed by atoms with E-state index in [2.05, 4.69) is 25.6 Å². The Labute approximate surface area is 211 Å². The molecular formula is C23H20F4N6O5. The SMILES string of the molecule is O=C(Nc1cn([C@H]2C[C@H](OCC(F)(F)F)C2)nc1-c1ncccc1F)c1ccc(-c2cn[nH]c2)o1.O=CO. The molecule has 1 amide bonds. The third-order valence-corrected chi connectivity index (χ3v) is 5.50. The van der Waals surface area contributed by atoms with E-state index >= 15 is 0 Å². The molecule has 1 fully saturated rings. The van der Waals surface area contributed by atoms with Gasteiger partial charge in [-0.25, -0.2) is 4.39 Å². The maximum absolute atomic E-state index is 14.5. The second-order valence-corrected chi connectivity index (χ2v) is 8.09. The Hall–Kier alpha value is -4.53. The highest BCUT2D eigenvalue weighted by molar-refractivity contribution is 6.04. The molecule has 11 nitrogen and oxygen atoms in total. The molecule has 0 radical (unpaired) electrons. The van der Waals surface area contributed by atoms with E-state index in [4.69, 9.17) is 19.1 Å². The van der Waals surface area contributed by atoms with E-state index in [9.17, 15) is 22.4 Å². The fourth-order valence-electron chi connectivity index (χ4n) is 3.69. The number of anilines is 1. The molecule has 1 aliphatic carbocycles. The van der Waals surface area contributed by atoms with Gasteiger partial charge in [0.2, 0.25) is 0 Å². The smallest absolute Gasteiger partial charge is 0.411 e. The minimum atomic E-state index is -4.40. The molecule has 1 saturated carbocycles. The number of carbonyl (C=O) groups is 2. The molecule has 0 bridgehead atoms. The lowest BCUT2D eigenvalue weighted by Crippen LogP contribution is -2.36. The molecule has 0 aliphatic heterocycles. The number of ether oxygens (including phenoxy) is 1. The van der Waals surface area contributed by atoms with Gasteiger partial charge in [0, 0.05) is 18.6 Å². The number of aromatic amines is 1. The van der Waals surface area contributed by atoms with Gasteiger partial charge in [0.25, 0.3) is 12.4 Å². The maximum atomic E-state index is 14.5. The zero-order chi connectivity index (χ0) is 27.3. The molecule has 200 valence electrons. The van der Waals surface area contributed by atoms with E-state index in [-0.39, 0.29) is 35.3 Å². The summed E-state index contributed by atoms with van der Waals surface area (Å²) < 4.78 is 63.6. The molecule has 4 aromatic heterocycles. The van der Waals surface area contributed by atoms with Crippen LogP contribution in [-0.4, -0.2) is 61.3 Å². The summed E-state index contributed by atoms with van der Waals surface area (Å²) in [7, 11) is 0. The van der Waals surface area contributed by atoms with Crippen molar-refractivity contribution in [3.63, 3.8) is 0 Å². The van der Waals surface area contributed by atoms with Gasteiger partial charge < -0.3 is 19.6 Å². The number of hydrogen-bond acceptors (Lipinski definition) is 7. The van der Waals surface area contributed by atoms with E-state index in [1.54, 1.807) is 12.3 Å².